The maximum atomic E-state index is 13.2. The van der Waals surface area contributed by atoms with E-state index in [0.29, 0.717) is 17.8 Å². The molecule has 2 rings (SSSR count). The molecule has 1 unspecified atom stereocenters. The molecule has 0 aliphatic carbocycles. The summed E-state index contributed by atoms with van der Waals surface area (Å²) in [6.07, 6.45) is 0. The Morgan fingerprint density at radius 2 is 1.88 bits per heavy atom. The van der Waals surface area contributed by atoms with Crippen LogP contribution in [0.1, 0.15) is 15.9 Å². The predicted molar refractivity (Wildman–Crippen MR) is 88.3 cm³/mol. The summed E-state index contributed by atoms with van der Waals surface area (Å²) >= 11 is 0. The van der Waals surface area contributed by atoms with E-state index < -0.39 is 5.97 Å². The van der Waals surface area contributed by atoms with Gasteiger partial charge >= 0.3 is 5.97 Å². The van der Waals surface area contributed by atoms with Gasteiger partial charge in [-0.3, -0.25) is 4.79 Å². The van der Waals surface area contributed by atoms with Gasteiger partial charge in [0.25, 0.3) is 5.91 Å². The number of hydrogen-bond donors (Lipinski definition) is 2. The van der Waals surface area contributed by atoms with E-state index in [0.717, 1.165) is 10.5 Å². The molecular weight excluding hydrogens is 311 g/mol. The molecular formula is C18H20FN2O3+. The second kappa shape index (κ2) is 8.21. The van der Waals surface area contributed by atoms with E-state index in [1.54, 1.807) is 30.3 Å². The summed E-state index contributed by atoms with van der Waals surface area (Å²) in [5, 5.41) is 2.77. The average molecular weight is 331 g/mol. The number of carbonyl (C=O) groups is 2. The Labute approximate surface area is 140 Å². The summed E-state index contributed by atoms with van der Waals surface area (Å²) in [6, 6.07) is 12.8. The van der Waals surface area contributed by atoms with Crippen LogP contribution in [0, 0.1) is 5.82 Å². The maximum Gasteiger partial charge on any atom is 0.337 e. The van der Waals surface area contributed by atoms with Gasteiger partial charge in [-0.1, -0.05) is 12.1 Å². The minimum atomic E-state index is -0.424. The van der Waals surface area contributed by atoms with E-state index in [9.17, 15) is 14.0 Å². The summed E-state index contributed by atoms with van der Waals surface area (Å²) in [5.74, 6) is -0.864. The number of esters is 1. The molecule has 1 atom stereocenters. The van der Waals surface area contributed by atoms with Crippen molar-refractivity contribution in [2.45, 2.75) is 6.54 Å². The molecule has 2 N–H and O–H groups in total. The largest absolute Gasteiger partial charge is 0.465 e. The van der Waals surface area contributed by atoms with Gasteiger partial charge in [0.1, 0.15) is 12.4 Å². The molecule has 0 bridgehead atoms. The van der Waals surface area contributed by atoms with Crippen molar-refractivity contribution in [3.05, 3.63) is 65.5 Å². The van der Waals surface area contributed by atoms with Crippen LogP contribution in [0.4, 0.5) is 10.1 Å². The molecule has 0 aliphatic heterocycles. The van der Waals surface area contributed by atoms with Gasteiger partial charge in [0.2, 0.25) is 0 Å². The van der Waals surface area contributed by atoms with Gasteiger partial charge in [-0.2, -0.15) is 0 Å². The first-order chi connectivity index (χ1) is 11.5. The summed E-state index contributed by atoms with van der Waals surface area (Å²) in [4.78, 5) is 24.3. The first-order valence-corrected chi connectivity index (χ1v) is 7.52. The van der Waals surface area contributed by atoms with Gasteiger partial charge in [0.15, 0.2) is 6.54 Å². The normalized spacial score (nSPS) is 11.6. The number of anilines is 1. The molecule has 0 radical (unpaired) electrons. The molecule has 24 heavy (non-hydrogen) atoms. The lowest BCUT2D eigenvalue weighted by atomic mass is 10.2. The lowest BCUT2D eigenvalue weighted by Crippen LogP contribution is -3.08. The van der Waals surface area contributed by atoms with Gasteiger partial charge < -0.3 is 15.0 Å². The fourth-order valence-electron chi connectivity index (χ4n) is 2.34. The summed E-state index contributed by atoms with van der Waals surface area (Å²) in [6.45, 7) is 0.793. The van der Waals surface area contributed by atoms with Crippen molar-refractivity contribution in [2.75, 3.05) is 26.0 Å². The SMILES string of the molecule is COC(=O)c1ccc(NC(=O)C[NH+](C)Cc2cccc(F)c2)cc1. The summed E-state index contributed by atoms with van der Waals surface area (Å²) < 4.78 is 17.8. The van der Waals surface area contributed by atoms with Crippen LogP contribution in [0.3, 0.4) is 0 Å². The highest BCUT2D eigenvalue weighted by molar-refractivity contribution is 5.93. The predicted octanol–water partition coefficient (Wildman–Crippen LogP) is 1.27. The van der Waals surface area contributed by atoms with Gasteiger partial charge in [0.05, 0.1) is 19.7 Å². The summed E-state index contributed by atoms with van der Waals surface area (Å²) in [7, 11) is 3.18. The van der Waals surface area contributed by atoms with E-state index in [2.05, 4.69) is 10.1 Å². The van der Waals surface area contributed by atoms with E-state index in [1.165, 1.54) is 19.2 Å². The van der Waals surface area contributed by atoms with E-state index >= 15 is 0 Å². The Bertz CT molecular complexity index is 716. The molecule has 0 saturated carbocycles. The number of halogens is 1. The first-order valence-electron chi connectivity index (χ1n) is 7.52. The van der Waals surface area contributed by atoms with Crippen molar-refractivity contribution in [2.24, 2.45) is 0 Å². The van der Waals surface area contributed by atoms with Crippen molar-refractivity contribution in [3.8, 4) is 0 Å². The van der Waals surface area contributed by atoms with Crippen LogP contribution in [0.2, 0.25) is 0 Å². The van der Waals surface area contributed by atoms with Gasteiger partial charge in [-0.05, 0) is 36.4 Å². The van der Waals surface area contributed by atoms with Gasteiger partial charge in [-0.15, -0.1) is 0 Å². The average Bonchev–Trinajstić information content (AvgIpc) is 2.54. The van der Waals surface area contributed by atoms with Crippen molar-refractivity contribution in [1.29, 1.82) is 0 Å². The Morgan fingerprint density at radius 3 is 2.50 bits per heavy atom. The fraction of sp³-hybridized carbons (Fsp3) is 0.222. The van der Waals surface area contributed by atoms with E-state index in [-0.39, 0.29) is 18.3 Å². The molecule has 0 spiro atoms. The maximum absolute atomic E-state index is 13.2. The van der Waals surface area contributed by atoms with Crippen LogP contribution in [0.25, 0.3) is 0 Å². The van der Waals surface area contributed by atoms with Crippen LogP contribution in [-0.2, 0) is 16.1 Å². The van der Waals surface area contributed by atoms with Gasteiger partial charge in [-0.25, -0.2) is 9.18 Å². The third-order valence-electron chi connectivity index (χ3n) is 3.45. The highest BCUT2D eigenvalue weighted by atomic mass is 19.1. The van der Waals surface area contributed by atoms with Crippen LogP contribution in [-0.4, -0.2) is 32.6 Å². The first kappa shape index (κ1) is 17.6. The molecule has 0 fully saturated rings. The third kappa shape index (κ3) is 5.17. The number of ether oxygens (including phenoxy) is 1. The number of amides is 1. The molecule has 2 aromatic rings. The summed E-state index contributed by atoms with van der Waals surface area (Å²) in [5.41, 5.74) is 1.86. The Balaban J connectivity index is 1.87. The Hall–Kier alpha value is -2.73. The monoisotopic (exact) mass is 331 g/mol. The smallest absolute Gasteiger partial charge is 0.337 e. The second-order valence-electron chi connectivity index (χ2n) is 5.56. The second-order valence-corrected chi connectivity index (χ2v) is 5.56. The molecule has 0 saturated heterocycles. The third-order valence-corrected chi connectivity index (χ3v) is 3.45. The fourth-order valence-corrected chi connectivity index (χ4v) is 2.34. The number of nitrogens with one attached hydrogen (secondary N) is 2. The molecule has 126 valence electrons. The molecule has 2 aromatic carbocycles. The van der Waals surface area contributed by atoms with Crippen molar-refractivity contribution in [3.63, 3.8) is 0 Å². The standard InChI is InChI=1S/C18H19FN2O3/c1-21(11-13-4-3-5-15(19)10-13)12-17(22)20-16-8-6-14(7-9-16)18(23)24-2/h3-10H,11-12H2,1-2H3,(H,20,22)/p+1. The lowest BCUT2D eigenvalue weighted by Gasteiger charge is -2.14. The number of rotatable bonds is 6. The number of likely N-dealkylation sites (N-methyl/N-ethyl adjacent to an activating group) is 1. The van der Waals surface area contributed by atoms with E-state index in [1.807, 2.05) is 13.1 Å². The molecule has 1 amide bonds. The Morgan fingerprint density at radius 1 is 1.17 bits per heavy atom. The molecule has 0 aliphatic rings. The van der Waals surface area contributed by atoms with Crippen LogP contribution >= 0.6 is 0 Å². The topological polar surface area (TPSA) is 59.8 Å². The zero-order valence-corrected chi connectivity index (χ0v) is 13.6. The van der Waals surface area contributed by atoms with Gasteiger partial charge in [0, 0.05) is 11.3 Å². The number of quaternary nitrogens is 1. The zero-order valence-electron chi connectivity index (χ0n) is 13.6. The minimum absolute atomic E-state index is 0.158. The van der Waals surface area contributed by atoms with Crippen LogP contribution < -0.4 is 10.2 Å². The quantitative estimate of drug-likeness (QED) is 0.784. The highest BCUT2D eigenvalue weighted by Gasteiger charge is 2.12. The molecule has 0 heterocycles. The van der Waals surface area contributed by atoms with E-state index in [4.69, 9.17) is 0 Å². The minimum Gasteiger partial charge on any atom is -0.465 e. The molecule has 5 nitrogen and oxygen atoms in total. The Kier molecular flexibility index (Phi) is 6.03. The molecule has 0 aromatic heterocycles. The lowest BCUT2D eigenvalue weighted by molar-refractivity contribution is -0.885. The van der Waals surface area contributed by atoms with Crippen molar-refractivity contribution < 1.29 is 23.6 Å². The number of hydrogen-bond acceptors (Lipinski definition) is 3. The van der Waals surface area contributed by atoms with Crippen LogP contribution in [0.5, 0.6) is 0 Å². The van der Waals surface area contributed by atoms with Crippen LogP contribution in [0.15, 0.2) is 48.5 Å². The van der Waals surface area contributed by atoms with Crippen molar-refractivity contribution >= 4 is 17.6 Å². The molecule has 6 heteroatoms. The van der Waals surface area contributed by atoms with Crippen molar-refractivity contribution in [1.82, 2.24) is 0 Å². The number of carbonyl (C=O) groups excluding carboxylic acids is 2. The zero-order chi connectivity index (χ0) is 17.5. The highest BCUT2D eigenvalue weighted by Crippen LogP contribution is 2.10. The number of methoxy groups -OCH3 is 1. The number of benzene rings is 2.